The highest BCUT2D eigenvalue weighted by Gasteiger charge is 2.21. The summed E-state index contributed by atoms with van der Waals surface area (Å²) in [6.07, 6.45) is 1.73. The van der Waals surface area contributed by atoms with Gasteiger partial charge in [0.25, 0.3) is 5.91 Å². The van der Waals surface area contributed by atoms with Crippen LogP contribution in [0.15, 0.2) is 12.1 Å². The van der Waals surface area contributed by atoms with Crippen molar-refractivity contribution in [1.29, 1.82) is 0 Å². The Morgan fingerprint density at radius 1 is 1.35 bits per heavy atom. The number of fused-ring (bicyclic) bond motifs is 1. The second kappa shape index (κ2) is 5.32. The SMILES string of the molecule is Nc1cc2c(cc1NC1CCS(=O)CC1)NC(=O)CO2. The quantitative estimate of drug-likeness (QED) is 0.706. The minimum absolute atomic E-state index is 0.0215. The van der Waals surface area contributed by atoms with Crippen LogP contribution >= 0.6 is 0 Å². The van der Waals surface area contributed by atoms with Crippen LogP contribution in [-0.4, -0.2) is 34.3 Å². The Labute approximate surface area is 119 Å². The second-order valence-corrected chi connectivity index (χ2v) is 6.74. The number of rotatable bonds is 2. The predicted octanol–water partition coefficient (Wildman–Crippen LogP) is 0.923. The van der Waals surface area contributed by atoms with Gasteiger partial charge in [0.15, 0.2) is 6.61 Å². The minimum atomic E-state index is -0.679. The van der Waals surface area contributed by atoms with E-state index in [0.29, 0.717) is 17.1 Å². The van der Waals surface area contributed by atoms with Gasteiger partial charge in [-0.15, -0.1) is 0 Å². The molecular weight excluding hydrogens is 278 g/mol. The molecule has 6 nitrogen and oxygen atoms in total. The van der Waals surface area contributed by atoms with Crippen LogP contribution in [-0.2, 0) is 15.6 Å². The van der Waals surface area contributed by atoms with Crippen molar-refractivity contribution in [3.05, 3.63) is 12.1 Å². The summed E-state index contributed by atoms with van der Waals surface area (Å²) in [5.74, 6) is 1.88. The molecule has 0 atom stereocenters. The third kappa shape index (κ3) is 2.72. The van der Waals surface area contributed by atoms with Gasteiger partial charge in [0.05, 0.1) is 17.1 Å². The summed E-state index contributed by atoms with van der Waals surface area (Å²) in [6.45, 7) is 0.0215. The Bertz CT molecular complexity index is 566. The summed E-state index contributed by atoms with van der Waals surface area (Å²) in [5, 5.41) is 6.13. The van der Waals surface area contributed by atoms with Crippen LogP contribution in [0.4, 0.5) is 17.1 Å². The average Bonchev–Trinajstić information content (AvgIpc) is 2.42. The van der Waals surface area contributed by atoms with E-state index in [1.807, 2.05) is 0 Å². The molecular formula is C13H17N3O3S. The first-order valence-electron chi connectivity index (χ1n) is 6.59. The molecule has 1 fully saturated rings. The summed E-state index contributed by atoms with van der Waals surface area (Å²) in [5.41, 5.74) is 8.02. The van der Waals surface area contributed by atoms with E-state index in [0.717, 1.165) is 30.0 Å². The number of hydrogen-bond acceptors (Lipinski definition) is 5. The highest BCUT2D eigenvalue weighted by molar-refractivity contribution is 7.85. The summed E-state index contributed by atoms with van der Waals surface area (Å²) in [6, 6.07) is 3.79. The molecule has 1 saturated heterocycles. The number of nitrogens with two attached hydrogens (primary N) is 1. The van der Waals surface area contributed by atoms with Gasteiger partial charge in [-0.25, -0.2) is 0 Å². The molecule has 4 N–H and O–H groups in total. The van der Waals surface area contributed by atoms with Crippen LogP contribution in [0.5, 0.6) is 5.75 Å². The Hall–Kier alpha value is -1.76. The monoisotopic (exact) mass is 295 g/mol. The van der Waals surface area contributed by atoms with E-state index in [2.05, 4.69) is 10.6 Å². The van der Waals surface area contributed by atoms with Crippen molar-refractivity contribution >= 4 is 33.8 Å². The topological polar surface area (TPSA) is 93.5 Å². The number of nitrogens with one attached hydrogen (secondary N) is 2. The first kappa shape index (κ1) is 13.2. The van der Waals surface area contributed by atoms with Gasteiger partial charge in [-0.1, -0.05) is 0 Å². The van der Waals surface area contributed by atoms with E-state index in [9.17, 15) is 9.00 Å². The Morgan fingerprint density at radius 3 is 2.85 bits per heavy atom. The number of carbonyl (C=O) groups is 1. The zero-order valence-electron chi connectivity index (χ0n) is 11.0. The fourth-order valence-corrected chi connectivity index (χ4v) is 3.72. The smallest absolute Gasteiger partial charge is 0.262 e. The van der Waals surface area contributed by atoms with Crippen molar-refractivity contribution in [2.75, 3.05) is 34.5 Å². The molecule has 0 spiro atoms. The lowest BCUT2D eigenvalue weighted by atomic mass is 10.1. The summed E-state index contributed by atoms with van der Waals surface area (Å²) in [4.78, 5) is 11.3. The number of anilines is 3. The average molecular weight is 295 g/mol. The molecule has 0 aliphatic carbocycles. The molecule has 3 rings (SSSR count). The summed E-state index contributed by atoms with van der Waals surface area (Å²) < 4.78 is 16.7. The molecule has 2 aliphatic rings. The number of ether oxygens (including phenoxy) is 1. The van der Waals surface area contributed by atoms with E-state index in [1.54, 1.807) is 12.1 Å². The van der Waals surface area contributed by atoms with Gasteiger partial charge in [-0.05, 0) is 18.9 Å². The molecule has 0 unspecified atom stereocenters. The first-order chi connectivity index (χ1) is 9.61. The van der Waals surface area contributed by atoms with E-state index in [1.165, 1.54) is 0 Å². The Kier molecular flexibility index (Phi) is 3.52. The van der Waals surface area contributed by atoms with Crippen molar-refractivity contribution in [2.24, 2.45) is 0 Å². The van der Waals surface area contributed by atoms with Crippen molar-refractivity contribution in [3.8, 4) is 5.75 Å². The molecule has 2 heterocycles. The maximum absolute atomic E-state index is 11.4. The van der Waals surface area contributed by atoms with Crippen LogP contribution in [0, 0.1) is 0 Å². The number of nitrogen functional groups attached to an aromatic ring is 1. The molecule has 0 bridgehead atoms. The highest BCUT2D eigenvalue weighted by Crippen LogP contribution is 2.35. The molecule has 1 aromatic rings. The maximum atomic E-state index is 11.4. The van der Waals surface area contributed by atoms with E-state index >= 15 is 0 Å². The van der Waals surface area contributed by atoms with Gasteiger partial charge in [-0.2, -0.15) is 0 Å². The molecule has 0 radical (unpaired) electrons. The second-order valence-electron chi connectivity index (χ2n) is 5.04. The Balaban J connectivity index is 1.78. The maximum Gasteiger partial charge on any atom is 0.262 e. The third-order valence-electron chi connectivity index (χ3n) is 3.53. The number of benzene rings is 1. The van der Waals surface area contributed by atoms with E-state index < -0.39 is 10.8 Å². The lowest BCUT2D eigenvalue weighted by Gasteiger charge is -2.26. The fraction of sp³-hybridized carbons (Fsp3) is 0.462. The van der Waals surface area contributed by atoms with Crippen molar-refractivity contribution in [3.63, 3.8) is 0 Å². The molecule has 2 aliphatic heterocycles. The zero-order chi connectivity index (χ0) is 14.1. The van der Waals surface area contributed by atoms with Crippen LogP contribution < -0.4 is 21.1 Å². The number of hydrogen-bond donors (Lipinski definition) is 3. The summed E-state index contributed by atoms with van der Waals surface area (Å²) >= 11 is 0. The van der Waals surface area contributed by atoms with Gasteiger partial charge in [0, 0.05) is 34.4 Å². The molecule has 108 valence electrons. The van der Waals surface area contributed by atoms with Gasteiger partial charge in [0.2, 0.25) is 0 Å². The molecule has 7 heteroatoms. The lowest BCUT2D eigenvalue weighted by molar-refractivity contribution is -0.118. The van der Waals surface area contributed by atoms with Crippen LogP contribution in [0.1, 0.15) is 12.8 Å². The van der Waals surface area contributed by atoms with Crippen molar-refractivity contribution in [2.45, 2.75) is 18.9 Å². The van der Waals surface area contributed by atoms with Gasteiger partial charge in [0.1, 0.15) is 5.75 Å². The van der Waals surface area contributed by atoms with E-state index in [-0.39, 0.29) is 18.6 Å². The number of amides is 1. The van der Waals surface area contributed by atoms with Crippen molar-refractivity contribution < 1.29 is 13.7 Å². The predicted molar refractivity (Wildman–Crippen MR) is 79.5 cm³/mol. The van der Waals surface area contributed by atoms with Gasteiger partial charge < -0.3 is 21.1 Å². The molecule has 0 aromatic heterocycles. The fourth-order valence-electron chi connectivity index (χ4n) is 2.43. The van der Waals surface area contributed by atoms with Crippen molar-refractivity contribution in [1.82, 2.24) is 0 Å². The van der Waals surface area contributed by atoms with Crippen LogP contribution in [0.25, 0.3) is 0 Å². The molecule has 1 aromatic carbocycles. The summed E-state index contributed by atoms with van der Waals surface area (Å²) in [7, 11) is -0.679. The zero-order valence-corrected chi connectivity index (χ0v) is 11.8. The normalized spacial score (nSPS) is 25.3. The standard InChI is InChI=1S/C13H17N3O3S/c14-9-5-12-11(16-13(17)7-19-12)6-10(9)15-8-1-3-20(18)4-2-8/h5-6,8,15H,1-4,7,14H2,(H,16,17). The lowest BCUT2D eigenvalue weighted by Crippen LogP contribution is -2.30. The third-order valence-corrected chi connectivity index (χ3v) is 4.91. The van der Waals surface area contributed by atoms with Crippen LogP contribution in [0.2, 0.25) is 0 Å². The highest BCUT2D eigenvalue weighted by atomic mass is 32.2. The number of carbonyl (C=O) groups excluding carboxylic acids is 1. The van der Waals surface area contributed by atoms with Crippen LogP contribution in [0.3, 0.4) is 0 Å². The van der Waals surface area contributed by atoms with Gasteiger partial charge >= 0.3 is 0 Å². The molecule has 1 amide bonds. The first-order valence-corrected chi connectivity index (χ1v) is 8.08. The van der Waals surface area contributed by atoms with Gasteiger partial charge in [-0.3, -0.25) is 9.00 Å². The minimum Gasteiger partial charge on any atom is -0.482 e. The molecule has 0 saturated carbocycles. The largest absolute Gasteiger partial charge is 0.482 e. The molecule has 20 heavy (non-hydrogen) atoms. The Morgan fingerprint density at radius 2 is 2.10 bits per heavy atom. The van der Waals surface area contributed by atoms with E-state index in [4.69, 9.17) is 10.5 Å².